The van der Waals surface area contributed by atoms with E-state index >= 15 is 0 Å². The number of aromatic amines is 1. The lowest BCUT2D eigenvalue weighted by molar-refractivity contribution is -0.142. The molecule has 1 atom stereocenters. The summed E-state index contributed by atoms with van der Waals surface area (Å²) in [6, 6.07) is 6.08. The molecule has 3 N–H and O–H groups in total. The van der Waals surface area contributed by atoms with E-state index in [4.69, 9.17) is 9.47 Å². The number of nitrogens with one attached hydrogen (secondary N) is 3. The van der Waals surface area contributed by atoms with Gasteiger partial charge in [0.25, 0.3) is 0 Å². The highest BCUT2D eigenvalue weighted by Crippen LogP contribution is 2.13. The minimum atomic E-state index is -0.773. The zero-order valence-electron chi connectivity index (χ0n) is 14.2. The number of ether oxygens (including phenoxy) is 2. The summed E-state index contributed by atoms with van der Waals surface area (Å²) < 4.78 is 9.88. The van der Waals surface area contributed by atoms with Gasteiger partial charge < -0.3 is 25.1 Å². The third-order valence-corrected chi connectivity index (χ3v) is 3.62. The van der Waals surface area contributed by atoms with E-state index in [9.17, 15) is 9.59 Å². The molecule has 1 heterocycles. The Bertz CT molecular complexity index is 670. The quantitative estimate of drug-likeness (QED) is 0.620. The molecule has 1 aromatic carbocycles. The summed E-state index contributed by atoms with van der Waals surface area (Å²) >= 11 is 0. The lowest BCUT2D eigenvalue weighted by Crippen LogP contribution is -2.48. The van der Waals surface area contributed by atoms with Crippen molar-refractivity contribution in [3.8, 4) is 5.75 Å². The second kappa shape index (κ2) is 9.31. The molecule has 2 aromatic rings. The van der Waals surface area contributed by atoms with E-state index in [1.807, 2.05) is 12.1 Å². The minimum Gasteiger partial charge on any atom is -0.497 e. The van der Waals surface area contributed by atoms with Crippen LogP contribution in [0.2, 0.25) is 0 Å². The van der Waals surface area contributed by atoms with Crippen LogP contribution in [0.25, 0.3) is 0 Å². The average molecular weight is 346 g/mol. The summed E-state index contributed by atoms with van der Waals surface area (Å²) in [4.78, 5) is 30.8. The highest BCUT2D eigenvalue weighted by atomic mass is 16.5. The van der Waals surface area contributed by atoms with E-state index in [1.165, 1.54) is 7.11 Å². The number of nitrogens with zero attached hydrogens (tertiary/aromatic N) is 1. The maximum absolute atomic E-state index is 12.0. The number of carbonyl (C=O) groups excluding carboxylic acids is 2. The number of methoxy groups -OCH3 is 2. The number of rotatable bonds is 8. The molecule has 8 heteroatoms. The van der Waals surface area contributed by atoms with Gasteiger partial charge in [0.05, 0.1) is 20.5 Å². The number of H-pyrrole nitrogens is 1. The Hall–Kier alpha value is -3.03. The van der Waals surface area contributed by atoms with Gasteiger partial charge in [0.2, 0.25) is 0 Å². The van der Waals surface area contributed by atoms with E-state index in [-0.39, 0.29) is 0 Å². The first-order valence-corrected chi connectivity index (χ1v) is 7.84. The zero-order valence-corrected chi connectivity index (χ0v) is 14.2. The Morgan fingerprint density at radius 1 is 1.24 bits per heavy atom. The van der Waals surface area contributed by atoms with E-state index in [0.717, 1.165) is 17.0 Å². The first kappa shape index (κ1) is 18.3. The topological polar surface area (TPSA) is 105 Å². The largest absolute Gasteiger partial charge is 0.497 e. The SMILES string of the molecule is COC(=O)C(Cc1ccc(OC)cc1)NC(=O)NCCc1cnc[nH]1. The number of benzene rings is 1. The number of hydrogen-bond donors (Lipinski definition) is 3. The van der Waals surface area contributed by atoms with Crippen LogP contribution in [-0.4, -0.2) is 48.8 Å². The molecule has 1 aromatic heterocycles. The van der Waals surface area contributed by atoms with Gasteiger partial charge in [-0.3, -0.25) is 0 Å². The number of hydrogen-bond acceptors (Lipinski definition) is 5. The summed E-state index contributed by atoms with van der Waals surface area (Å²) in [5.74, 6) is 0.224. The summed E-state index contributed by atoms with van der Waals surface area (Å²) in [6.45, 7) is 0.421. The molecule has 0 saturated heterocycles. The van der Waals surface area contributed by atoms with Gasteiger partial charge in [-0.05, 0) is 17.7 Å². The van der Waals surface area contributed by atoms with Crippen molar-refractivity contribution < 1.29 is 19.1 Å². The van der Waals surface area contributed by atoms with E-state index < -0.39 is 18.0 Å². The number of carbonyl (C=O) groups is 2. The summed E-state index contributed by atoms with van der Waals surface area (Å²) in [6.07, 6.45) is 4.22. The predicted molar refractivity (Wildman–Crippen MR) is 91.3 cm³/mol. The standard InChI is InChI=1S/C17H22N4O4/c1-24-14-5-3-12(4-6-14)9-15(16(22)25-2)21-17(23)19-8-7-13-10-18-11-20-13/h3-6,10-11,15H,7-9H2,1-2H3,(H,18,20)(H2,19,21,23). The van der Waals surface area contributed by atoms with Crippen LogP contribution in [0, 0.1) is 0 Å². The average Bonchev–Trinajstić information content (AvgIpc) is 3.14. The van der Waals surface area contributed by atoms with Crippen molar-refractivity contribution in [1.29, 1.82) is 0 Å². The fourth-order valence-electron chi connectivity index (χ4n) is 2.27. The molecule has 0 aliphatic carbocycles. The van der Waals surface area contributed by atoms with E-state index in [1.54, 1.807) is 31.8 Å². The molecule has 0 fully saturated rings. The minimum absolute atomic E-state index is 0.324. The Kier molecular flexibility index (Phi) is 6.82. The maximum Gasteiger partial charge on any atom is 0.328 e. The second-order valence-electron chi connectivity index (χ2n) is 5.36. The fourth-order valence-corrected chi connectivity index (χ4v) is 2.27. The molecule has 1 unspecified atom stereocenters. The molecule has 2 amide bonds. The van der Waals surface area contributed by atoms with Crippen LogP contribution >= 0.6 is 0 Å². The van der Waals surface area contributed by atoms with Gasteiger partial charge in [-0.2, -0.15) is 0 Å². The summed E-state index contributed by atoms with van der Waals surface area (Å²) in [7, 11) is 2.88. The van der Waals surface area contributed by atoms with Crippen molar-refractivity contribution in [1.82, 2.24) is 20.6 Å². The van der Waals surface area contributed by atoms with Crippen molar-refractivity contribution in [2.75, 3.05) is 20.8 Å². The number of imidazole rings is 1. The molecule has 8 nitrogen and oxygen atoms in total. The first-order valence-electron chi connectivity index (χ1n) is 7.84. The number of amides is 2. The fraction of sp³-hybridized carbons (Fsp3) is 0.353. The second-order valence-corrected chi connectivity index (χ2v) is 5.36. The number of esters is 1. The van der Waals surface area contributed by atoms with Crippen LogP contribution in [0.5, 0.6) is 5.75 Å². The monoisotopic (exact) mass is 346 g/mol. The summed E-state index contributed by atoms with van der Waals surface area (Å²) in [5.41, 5.74) is 1.80. The predicted octanol–water partition coefficient (Wildman–Crippen LogP) is 1.04. The number of aromatic nitrogens is 2. The Morgan fingerprint density at radius 2 is 2.00 bits per heavy atom. The van der Waals surface area contributed by atoms with E-state index in [2.05, 4.69) is 20.6 Å². The smallest absolute Gasteiger partial charge is 0.328 e. The molecule has 25 heavy (non-hydrogen) atoms. The van der Waals surface area contributed by atoms with Crippen molar-refractivity contribution in [3.63, 3.8) is 0 Å². The molecule has 134 valence electrons. The highest BCUT2D eigenvalue weighted by molar-refractivity contribution is 5.83. The molecule has 0 bridgehead atoms. The molecule has 2 rings (SSSR count). The van der Waals surface area contributed by atoms with E-state index in [0.29, 0.717) is 19.4 Å². The lowest BCUT2D eigenvalue weighted by Gasteiger charge is -2.17. The van der Waals surface area contributed by atoms with Gasteiger partial charge in [-0.25, -0.2) is 14.6 Å². The molecule has 0 radical (unpaired) electrons. The van der Waals surface area contributed by atoms with Gasteiger partial charge in [0.1, 0.15) is 11.8 Å². The van der Waals surface area contributed by atoms with Gasteiger partial charge in [0, 0.05) is 31.3 Å². The molecule has 0 aliphatic heterocycles. The Balaban J connectivity index is 1.87. The summed E-state index contributed by atoms with van der Waals surface area (Å²) in [5, 5.41) is 5.35. The van der Waals surface area contributed by atoms with Crippen molar-refractivity contribution >= 4 is 12.0 Å². The molecule has 0 aliphatic rings. The molecular formula is C17H22N4O4. The third kappa shape index (κ3) is 5.83. The molecular weight excluding hydrogens is 324 g/mol. The van der Waals surface area contributed by atoms with Crippen LogP contribution in [0.1, 0.15) is 11.3 Å². The molecule has 0 saturated carbocycles. The number of urea groups is 1. The lowest BCUT2D eigenvalue weighted by atomic mass is 10.1. The van der Waals surface area contributed by atoms with Crippen LogP contribution in [-0.2, 0) is 22.4 Å². The van der Waals surface area contributed by atoms with Gasteiger partial charge in [0.15, 0.2) is 0 Å². The molecule has 0 spiro atoms. The van der Waals surface area contributed by atoms with Gasteiger partial charge in [-0.15, -0.1) is 0 Å². The highest BCUT2D eigenvalue weighted by Gasteiger charge is 2.21. The van der Waals surface area contributed by atoms with Crippen LogP contribution in [0.3, 0.4) is 0 Å². The third-order valence-electron chi connectivity index (χ3n) is 3.62. The van der Waals surface area contributed by atoms with Crippen molar-refractivity contribution in [2.45, 2.75) is 18.9 Å². The Morgan fingerprint density at radius 3 is 2.60 bits per heavy atom. The Labute approximate surface area is 145 Å². The first-order chi connectivity index (χ1) is 12.1. The van der Waals surface area contributed by atoms with Crippen molar-refractivity contribution in [3.05, 3.63) is 48.0 Å². The normalized spacial score (nSPS) is 11.4. The van der Waals surface area contributed by atoms with Gasteiger partial charge >= 0.3 is 12.0 Å². The van der Waals surface area contributed by atoms with Crippen LogP contribution in [0.4, 0.5) is 4.79 Å². The maximum atomic E-state index is 12.0. The van der Waals surface area contributed by atoms with Crippen LogP contribution in [0.15, 0.2) is 36.8 Å². The zero-order chi connectivity index (χ0) is 18.1. The van der Waals surface area contributed by atoms with Crippen LogP contribution < -0.4 is 15.4 Å². The van der Waals surface area contributed by atoms with Gasteiger partial charge in [-0.1, -0.05) is 12.1 Å². The van der Waals surface area contributed by atoms with Crippen molar-refractivity contribution in [2.24, 2.45) is 0 Å².